The number of carbonyl (C=O) groups is 2. The molecule has 0 amide bonds. The molecule has 1 aliphatic rings. The van der Waals surface area contributed by atoms with Gasteiger partial charge in [0.2, 0.25) is 0 Å². The van der Waals surface area contributed by atoms with Crippen LogP contribution in [-0.2, 0) is 9.53 Å². The van der Waals surface area contributed by atoms with E-state index in [-0.39, 0.29) is 12.2 Å². The zero-order valence-corrected chi connectivity index (χ0v) is 13.9. The van der Waals surface area contributed by atoms with Crippen molar-refractivity contribution in [2.45, 2.75) is 51.9 Å². The zero-order valence-electron chi connectivity index (χ0n) is 13.9. The third kappa shape index (κ3) is 3.99. The quantitative estimate of drug-likeness (QED) is 0.513. The summed E-state index contributed by atoms with van der Waals surface area (Å²) in [7, 11) is 0. The highest BCUT2D eigenvalue weighted by Gasteiger charge is 2.38. The minimum Gasteiger partial charge on any atom is -0.481 e. The second-order valence-electron chi connectivity index (χ2n) is 6.59. The molecule has 0 aliphatic carbocycles. The number of hydrogen-bond donors (Lipinski definition) is 1. The Balaban J connectivity index is 2.32. The van der Waals surface area contributed by atoms with Crippen LogP contribution >= 0.6 is 0 Å². The van der Waals surface area contributed by atoms with E-state index in [4.69, 9.17) is 9.47 Å². The molecule has 0 fully saturated rings. The molecule has 0 saturated carbocycles. The van der Waals surface area contributed by atoms with E-state index >= 15 is 0 Å². The first kappa shape index (κ1) is 17.2. The van der Waals surface area contributed by atoms with Crippen LogP contribution in [-0.4, -0.2) is 28.6 Å². The summed E-state index contributed by atoms with van der Waals surface area (Å²) in [5.41, 5.74) is 0.735. The lowest BCUT2D eigenvalue weighted by atomic mass is 9.99. The minimum atomic E-state index is -1.15. The molecule has 5 heteroatoms. The van der Waals surface area contributed by atoms with Crippen molar-refractivity contribution in [3.8, 4) is 5.75 Å². The summed E-state index contributed by atoms with van der Waals surface area (Å²) >= 11 is 0. The molecule has 2 unspecified atom stereocenters. The van der Waals surface area contributed by atoms with E-state index in [0.29, 0.717) is 22.4 Å². The molecule has 2 rings (SSSR count). The number of carbonyl (C=O) groups excluding carboxylic acids is 2. The number of rotatable bonds is 5. The monoisotopic (exact) mass is 318 g/mol. The molecule has 1 N–H and O–H groups in total. The topological polar surface area (TPSA) is 72.8 Å². The Morgan fingerprint density at radius 3 is 2.52 bits per heavy atom. The Bertz CT molecular complexity index is 654. The van der Waals surface area contributed by atoms with Crippen molar-refractivity contribution in [1.29, 1.82) is 0 Å². The van der Waals surface area contributed by atoms with Crippen LogP contribution in [0.5, 0.6) is 5.75 Å². The lowest BCUT2D eigenvalue weighted by Crippen LogP contribution is -2.29. The first-order chi connectivity index (χ1) is 10.6. The van der Waals surface area contributed by atoms with Crippen LogP contribution in [0.2, 0.25) is 0 Å². The highest BCUT2D eigenvalue weighted by Crippen LogP contribution is 2.42. The molecular formula is C18H22O5. The van der Waals surface area contributed by atoms with Crippen LogP contribution in [0.3, 0.4) is 0 Å². The molecule has 0 saturated heterocycles. The van der Waals surface area contributed by atoms with Crippen molar-refractivity contribution in [2.24, 2.45) is 0 Å². The Labute approximate surface area is 135 Å². The van der Waals surface area contributed by atoms with Crippen LogP contribution in [0.1, 0.15) is 56.1 Å². The van der Waals surface area contributed by atoms with Gasteiger partial charge in [0, 0.05) is 11.1 Å². The maximum absolute atomic E-state index is 12.1. The van der Waals surface area contributed by atoms with Gasteiger partial charge in [0.1, 0.15) is 5.75 Å². The van der Waals surface area contributed by atoms with E-state index in [9.17, 15) is 14.7 Å². The average Bonchev–Trinajstić information content (AvgIpc) is 2.74. The van der Waals surface area contributed by atoms with Crippen LogP contribution in [0.25, 0.3) is 0 Å². The molecule has 0 spiro atoms. The SMILES string of the molecule is C=C(C)C1Oc2ccc(C(C)=O)cc2C1OC(=O)CC(C)(C)O. The molecule has 1 aliphatic heterocycles. The molecular weight excluding hydrogens is 296 g/mol. The maximum atomic E-state index is 12.1. The number of aliphatic hydroxyl groups is 1. The Kier molecular flexibility index (Phi) is 4.61. The summed E-state index contributed by atoms with van der Waals surface area (Å²) in [6, 6.07) is 5.06. The third-order valence-corrected chi connectivity index (χ3v) is 3.57. The van der Waals surface area contributed by atoms with E-state index in [1.807, 2.05) is 0 Å². The number of esters is 1. The van der Waals surface area contributed by atoms with Crippen LogP contribution in [0, 0.1) is 0 Å². The number of hydrogen-bond acceptors (Lipinski definition) is 5. The Hall–Kier alpha value is -2.14. The summed E-state index contributed by atoms with van der Waals surface area (Å²) in [4.78, 5) is 23.7. The normalized spacial score (nSPS) is 19.7. The van der Waals surface area contributed by atoms with Gasteiger partial charge < -0.3 is 14.6 Å². The summed E-state index contributed by atoms with van der Waals surface area (Å²) in [6.07, 6.45) is -1.30. The zero-order chi connectivity index (χ0) is 17.4. The van der Waals surface area contributed by atoms with Crippen molar-refractivity contribution in [3.05, 3.63) is 41.5 Å². The maximum Gasteiger partial charge on any atom is 0.309 e. The van der Waals surface area contributed by atoms with Crippen molar-refractivity contribution in [2.75, 3.05) is 0 Å². The van der Waals surface area contributed by atoms with Gasteiger partial charge in [-0.05, 0) is 51.5 Å². The summed E-state index contributed by atoms with van der Waals surface area (Å²) < 4.78 is 11.3. The van der Waals surface area contributed by atoms with Crippen molar-refractivity contribution >= 4 is 11.8 Å². The fourth-order valence-electron chi connectivity index (χ4n) is 2.48. The molecule has 0 aromatic heterocycles. The van der Waals surface area contributed by atoms with Gasteiger partial charge in [0.05, 0.1) is 12.0 Å². The van der Waals surface area contributed by atoms with Gasteiger partial charge in [-0.1, -0.05) is 6.58 Å². The molecule has 0 bridgehead atoms. The van der Waals surface area contributed by atoms with Crippen molar-refractivity contribution in [3.63, 3.8) is 0 Å². The van der Waals surface area contributed by atoms with Gasteiger partial charge in [-0.15, -0.1) is 0 Å². The van der Waals surface area contributed by atoms with Gasteiger partial charge in [0.15, 0.2) is 18.0 Å². The molecule has 1 heterocycles. The Morgan fingerprint density at radius 2 is 2.00 bits per heavy atom. The standard InChI is InChI=1S/C18H22O5/c1-10(2)16-17(23-15(20)9-18(4,5)21)13-8-12(11(3)19)6-7-14(13)22-16/h6-8,16-17,21H,1,9H2,2-5H3. The molecule has 124 valence electrons. The molecule has 5 nitrogen and oxygen atoms in total. The third-order valence-electron chi connectivity index (χ3n) is 3.57. The first-order valence-corrected chi connectivity index (χ1v) is 7.47. The Morgan fingerprint density at radius 1 is 1.35 bits per heavy atom. The predicted octanol–water partition coefficient (Wildman–Crippen LogP) is 2.97. The summed E-state index contributed by atoms with van der Waals surface area (Å²) in [5.74, 6) is -0.0318. The number of Topliss-reactive ketones (excluding diaryl/α,β-unsaturated/α-hetero) is 1. The number of ketones is 1. The highest BCUT2D eigenvalue weighted by molar-refractivity contribution is 5.94. The average molecular weight is 318 g/mol. The van der Waals surface area contributed by atoms with Gasteiger partial charge in [-0.25, -0.2) is 0 Å². The molecule has 0 radical (unpaired) electrons. The lowest BCUT2D eigenvalue weighted by Gasteiger charge is -2.22. The number of fused-ring (bicyclic) bond motifs is 1. The van der Waals surface area contributed by atoms with Crippen LogP contribution < -0.4 is 4.74 Å². The van der Waals surface area contributed by atoms with E-state index in [2.05, 4.69) is 6.58 Å². The van der Waals surface area contributed by atoms with Crippen LogP contribution in [0.4, 0.5) is 0 Å². The van der Waals surface area contributed by atoms with Crippen molar-refractivity contribution in [1.82, 2.24) is 0 Å². The van der Waals surface area contributed by atoms with Gasteiger partial charge in [0.25, 0.3) is 0 Å². The smallest absolute Gasteiger partial charge is 0.309 e. The number of ether oxygens (including phenoxy) is 2. The molecule has 1 aromatic carbocycles. The van der Waals surface area contributed by atoms with E-state index in [0.717, 1.165) is 0 Å². The summed E-state index contributed by atoms with van der Waals surface area (Å²) in [6.45, 7) is 10.2. The lowest BCUT2D eigenvalue weighted by molar-refractivity contribution is -0.156. The van der Waals surface area contributed by atoms with E-state index < -0.39 is 23.8 Å². The largest absolute Gasteiger partial charge is 0.481 e. The summed E-state index contributed by atoms with van der Waals surface area (Å²) in [5, 5.41) is 9.75. The van der Waals surface area contributed by atoms with E-state index in [1.54, 1.807) is 25.1 Å². The molecule has 2 atom stereocenters. The second kappa shape index (κ2) is 6.16. The first-order valence-electron chi connectivity index (χ1n) is 7.47. The molecule has 1 aromatic rings. The van der Waals surface area contributed by atoms with E-state index in [1.165, 1.54) is 20.8 Å². The fraction of sp³-hybridized carbons (Fsp3) is 0.444. The second-order valence-corrected chi connectivity index (χ2v) is 6.59. The van der Waals surface area contributed by atoms with Crippen molar-refractivity contribution < 1.29 is 24.2 Å². The number of benzene rings is 1. The fourth-order valence-corrected chi connectivity index (χ4v) is 2.48. The minimum absolute atomic E-state index is 0.0758. The van der Waals surface area contributed by atoms with Gasteiger partial charge in [-0.3, -0.25) is 9.59 Å². The molecule has 23 heavy (non-hydrogen) atoms. The highest BCUT2D eigenvalue weighted by atomic mass is 16.6. The van der Waals surface area contributed by atoms with Gasteiger partial charge >= 0.3 is 5.97 Å². The van der Waals surface area contributed by atoms with Gasteiger partial charge in [-0.2, -0.15) is 0 Å². The van der Waals surface area contributed by atoms with Crippen LogP contribution in [0.15, 0.2) is 30.4 Å². The predicted molar refractivity (Wildman–Crippen MR) is 85.4 cm³/mol.